The molecule has 0 aromatic rings. The Kier molecular flexibility index (Phi) is 25.4. The molecule has 0 amide bonds. The zero-order valence-electron chi connectivity index (χ0n) is 23.5. The van der Waals surface area contributed by atoms with Crippen LogP contribution in [0, 0.1) is 5.41 Å². The fraction of sp³-hybridized carbons (Fsp3) is 0.857. The normalized spacial score (nSPS) is 12.2. The fourth-order valence-corrected chi connectivity index (χ4v) is 4.21. The summed E-state index contributed by atoms with van der Waals surface area (Å²) in [5.74, 6) is 1.39. The van der Waals surface area contributed by atoms with Gasteiger partial charge in [0.25, 0.3) is 0 Å². The molecule has 0 bridgehead atoms. The van der Waals surface area contributed by atoms with Crippen LogP contribution in [0.25, 0.3) is 0 Å². The molecule has 0 aromatic carbocycles. The van der Waals surface area contributed by atoms with Gasteiger partial charge in [-0.2, -0.15) is 0 Å². The van der Waals surface area contributed by atoms with E-state index < -0.39 is 0 Å². The van der Waals surface area contributed by atoms with Gasteiger partial charge in [-0.25, -0.2) is 0 Å². The van der Waals surface area contributed by atoms with Crippen molar-refractivity contribution in [3.05, 3.63) is 0 Å². The Bertz CT molecular complexity index is 601. The van der Waals surface area contributed by atoms with Gasteiger partial charge < -0.3 is 27.5 Å². The van der Waals surface area contributed by atoms with Crippen LogP contribution in [0.4, 0.5) is 0 Å². The van der Waals surface area contributed by atoms with Crippen LogP contribution in [0.15, 0.2) is 9.98 Å². The maximum absolute atomic E-state index is 7.44. The molecule has 0 atom stereocenters. The van der Waals surface area contributed by atoms with Crippen molar-refractivity contribution in [2.75, 3.05) is 32.7 Å². The first-order valence-corrected chi connectivity index (χ1v) is 14.9. The summed E-state index contributed by atoms with van der Waals surface area (Å²) >= 11 is 5.36. The molecule has 7 N–H and O–H groups in total. The van der Waals surface area contributed by atoms with E-state index in [1.807, 2.05) is 6.92 Å². The van der Waals surface area contributed by atoms with Crippen molar-refractivity contribution in [1.82, 2.24) is 10.6 Å². The van der Waals surface area contributed by atoms with Gasteiger partial charge in [0.2, 0.25) is 0 Å². The van der Waals surface area contributed by atoms with Crippen molar-refractivity contribution in [1.29, 1.82) is 5.41 Å². The number of thiocarbonyl (C=S) groups is 1. The van der Waals surface area contributed by atoms with Crippen molar-refractivity contribution in [3.63, 3.8) is 0 Å². The minimum absolute atomic E-state index is 0.622. The smallest absolute Gasteiger partial charge is 0.0937 e. The second-order valence-corrected chi connectivity index (χ2v) is 10.5. The number of nitrogens with one attached hydrogen (secondary N) is 3. The fourth-order valence-electron chi connectivity index (χ4n) is 4.01. The molecule has 0 saturated carbocycles. The highest BCUT2D eigenvalue weighted by Gasteiger charge is 1.99. The predicted octanol–water partition coefficient (Wildman–Crippen LogP) is 5.90. The third kappa shape index (κ3) is 28.7. The summed E-state index contributed by atoms with van der Waals surface area (Å²) in [6, 6.07) is 0. The quantitative estimate of drug-likeness (QED) is 0.0418. The average molecular weight is 524 g/mol. The summed E-state index contributed by atoms with van der Waals surface area (Å²) in [6.45, 7) is 7.55. The maximum atomic E-state index is 7.44. The third-order valence-corrected chi connectivity index (χ3v) is 6.51. The first-order valence-electron chi connectivity index (χ1n) is 14.5. The summed E-state index contributed by atoms with van der Waals surface area (Å²) < 4.78 is 0. The molecular formula is C28H57N7S. The summed E-state index contributed by atoms with van der Waals surface area (Å²) in [7, 11) is 0. The minimum atomic E-state index is 0.622. The number of rotatable bonds is 26. The summed E-state index contributed by atoms with van der Waals surface area (Å²) in [5.41, 5.74) is 12.4. The monoisotopic (exact) mass is 523 g/mol. The van der Waals surface area contributed by atoms with Crippen LogP contribution < -0.4 is 22.1 Å². The predicted molar refractivity (Wildman–Crippen MR) is 164 cm³/mol. The Morgan fingerprint density at radius 2 is 1.14 bits per heavy atom. The lowest BCUT2D eigenvalue weighted by Gasteiger charge is -2.08. The van der Waals surface area contributed by atoms with Gasteiger partial charge in [0.15, 0.2) is 0 Å². The Hall–Kier alpha value is -1.54. The van der Waals surface area contributed by atoms with E-state index in [0.717, 1.165) is 61.9 Å². The van der Waals surface area contributed by atoms with Crippen molar-refractivity contribution < 1.29 is 0 Å². The van der Waals surface area contributed by atoms with Gasteiger partial charge in [-0.05, 0) is 33.1 Å². The van der Waals surface area contributed by atoms with Crippen molar-refractivity contribution in [2.24, 2.45) is 21.5 Å². The largest absolute Gasteiger partial charge is 0.388 e. The number of hydrogen-bond acceptors (Lipinski definition) is 5. The van der Waals surface area contributed by atoms with Gasteiger partial charge in [-0.1, -0.05) is 89.3 Å². The van der Waals surface area contributed by atoms with E-state index in [-0.39, 0.29) is 0 Å². The minimum Gasteiger partial charge on any atom is -0.388 e. The first-order chi connectivity index (χ1) is 17.4. The van der Waals surface area contributed by atoms with Crippen LogP contribution in [-0.2, 0) is 0 Å². The maximum Gasteiger partial charge on any atom is 0.0937 e. The van der Waals surface area contributed by atoms with Crippen LogP contribution in [0.2, 0.25) is 0 Å². The van der Waals surface area contributed by atoms with Gasteiger partial charge in [-0.3, -0.25) is 9.98 Å². The highest BCUT2D eigenvalue weighted by atomic mass is 32.1. The molecule has 0 aliphatic heterocycles. The molecule has 0 rings (SSSR count). The Balaban J connectivity index is 3.37. The second kappa shape index (κ2) is 26.5. The van der Waals surface area contributed by atoms with Crippen molar-refractivity contribution in [2.45, 2.75) is 123 Å². The number of hydrogen-bond donors (Lipinski definition) is 5. The Morgan fingerprint density at radius 3 is 1.64 bits per heavy atom. The lowest BCUT2D eigenvalue weighted by molar-refractivity contribution is 0.535. The molecule has 0 fully saturated rings. The van der Waals surface area contributed by atoms with Gasteiger partial charge in [0.1, 0.15) is 0 Å². The van der Waals surface area contributed by atoms with Crippen LogP contribution in [-0.4, -0.2) is 55.1 Å². The molecule has 36 heavy (non-hydrogen) atoms. The second-order valence-electron chi connectivity index (χ2n) is 9.98. The van der Waals surface area contributed by atoms with E-state index >= 15 is 0 Å². The van der Waals surface area contributed by atoms with Crippen LogP contribution in [0.1, 0.15) is 123 Å². The molecule has 0 aliphatic carbocycles. The van der Waals surface area contributed by atoms with E-state index in [9.17, 15) is 0 Å². The highest BCUT2D eigenvalue weighted by molar-refractivity contribution is 7.80. The third-order valence-electron chi connectivity index (χ3n) is 6.16. The zero-order chi connectivity index (χ0) is 26.7. The molecule has 0 heterocycles. The molecule has 0 spiro atoms. The molecule has 8 heteroatoms. The number of unbranched alkanes of at least 4 members (excludes halogenated alkanes) is 13. The van der Waals surface area contributed by atoms with Gasteiger partial charge in [-0.15, -0.1) is 0 Å². The lowest BCUT2D eigenvalue weighted by atomic mass is 10.0. The molecular weight excluding hydrogens is 466 g/mol. The van der Waals surface area contributed by atoms with E-state index in [1.54, 1.807) is 6.92 Å². The number of aliphatic imine (C=N–C) groups is 2. The lowest BCUT2D eigenvalue weighted by Crippen LogP contribution is -2.32. The molecule has 0 unspecified atom stereocenters. The molecule has 0 aliphatic rings. The number of nitrogens with zero attached hydrogens (tertiary/aromatic N) is 2. The van der Waals surface area contributed by atoms with Gasteiger partial charge in [0, 0.05) is 44.7 Å². The SMILES string of the molecule is CC(=N)CCCCCCCCCCCCCCCCC(N)=NCCC(=S)NCCNCCN=C(C)N. The Labute approximate surface area is 227 Å². The van der Waals surface area contributed by atoms with E-state index in [2.05, 4.69) is 20.6 Å². The number of nitrogens with two attached hydrogens (primary N) is 2. The highest BCUT2D eigenvalue weighted by Crippen LogP contribution is 2.13. The Morgan fingerprint density at radius 1 is 0.639 bits per heavy atom. The van der Waals surface area contributed by atoms with Crippen LogP contribution >= 0.6 is 12.2 Å². The summed E-state index contributed by atoms with van der Waals surface area (Å²) in [5, 5.41) is 14.0. The summed E-state index contributed by atoms with van der Waals surface area (Å²) in [4.78, 5) is 9.45. The van der Waals surface area contributed by atoms with Gasteiger partial charge in [0.05, 0.1) is 23.2 Å². The van der Waals surface area contributed by atoms with Crippen LogP contribution in [0.3, 0.4) is 0 Å². The number of amidine groups is 2. The molecule has 0 aromatic heterocycles. The molecule has 210 valence electrons. The van der Waals surface area contributed by atoms with E-state index in [1.165, 1.54) is 83.5 Å². The first kappa shape index (κ1) is 34.5. The van der Waals surface area contributed by atoms with Crippen LogP contribution in [0.5, 0.6) is 0 Å². The molecule has 0 radical (unpaired) electrons. The van der Waals surface area contributed by atoms with Gasteiger partial charge >= 0.3 is 0 Å². The average Bonchev–Trinajstić information content (AvgIpc) is 2.82. The standard InChI is InChI=1S/C28H57N7S/c1-25(29)17-15-13-11-9-7-5-3-4-6-8-10-12-14-16-18-27(31)34-20-19-28(36)35-24-22-32-21-23-33-26(2)30/h29,32H,3-24H2,1-2H3,(H2,30,33)(H2,31,34)(H,35,36). The summed E-state index contributed by atoms with van der Waals surface area (Å²) in [6.07, 6.45) is 21.2. The van der Waals surface area contributed by atoms with E-state index in [4.69, 9.17) is 29.1 Å². The molecule has 0 saturated heterocycles. The molecule has 7 nitrogen and oxygen atoms in total. The topological polar surface area (TPSA) is 125 Å². The van der Waals surface area contributed by atoms with Crippen molar-refractivity contribution in [3.8, 4) is 0 Å². The zero-order valence-corrected chi connectivity index (χ0v) is 24.3. The van der Waals surface area contributed by atoms with Crippen molar-refractivity contribution >= 4 is 34.6 Å². The van der Waals surface area contributed by atoms with E-state index in [0.29, 0.717) is 18.9 Å².